The molecule has 0 bridgehead atoms. The summed E-state index contributed by atoms with van der Waals surface area (Å²) in [5.74, 6) is -0.318. The van der Waals surface area contributed by atoms with Crippen molar-refractivity contribution in [2.45, 2.75) is 37.2 Å². The van der Waals surface area contributed by atoms with Crippen molar-refractivity contribution in [1.29, 1.82) is 0 Å². The third-order valence-electron chi connectivity index (χ3n) is 5.46. The van der Waals surface area contributed by atoms with Crippen LogP contribution in [0.1, 0.15) is 25.5 Å². The van der Waals surface area contributed by atoms with Gasteiger partial charge >= 0.3 is 0 Å². The van der Waals surface area contributed by atoms with E-state index in [1.165, 1.54) is 16.6 Å². The Labute approximate surface area is 189 Å². The summed E-state index contributed by atoms with van der Waals surface area (Å²) in [4.78, 5) is 25.0. The summed E-state index contributed by atoms with van der Waals surface area (Å²) >= 11 is 0.971. The second kappa shape index (κ2) is 9.35. The Balaban J connectivity index is 1.31. The quantitative estimate of drug-likeness (QED) is 0.527. The fraction of sp³-hybridized carbons (Fsp3) is 0.400. The molecule has 32 heavy (non-hydrogen) atoms. The molecule has 1 aromatic carbocycles. The summed E-state index contributed by atoms with van der Waals surface area (Å²) in [6.07, 6.45) is 2.27. The van der Waals surface area contributed by atoms with Gasteiger partial charge in [0.1, 0.15) is 27.7 Å². The lowest BCUT2D eigenvalue weighted by molar-refractivity contribution is -0.131. The highest BCUT2D eigenvalue weighted by Crippen LogP contribution is 2.28. The summed E-state index contributed by atoms with van der Waals surface area (Å²) in [5, 5.41) is 5.42. The minimum absolute atomic E-state index is 0.133. The first-order valence-electron chi connectivity index (χ1n) is 10.2. The fourth-order valence-electron chi connectivity index (χ4n) is 3.62. The minimum atomic E-state index is -3.74. The van der Waals surface area contributed by atoms with Gasteiger partial charge in [-0.15, -0.1) is 0 Å². The van der Waals surface area contributed by atoms with Gasteiger partial charge in [-0.05, 0) is 44.0 Å². The SMILES string of the molecule is C[C@@H](NC(=O)C1CCN(S(=O)(=O)c2cccc3nsnc23)CC1)C(=O)NCc1ccco1. The van der Waals surface area contributed by atoms with Crippen molar-refractivity contribution in [2.75, 3.05) is 13.1 Å². The molecule has 0 spiro atoms. The van der Waals surface area contributed by atoms with Crippen LogP contribution in [0.15, 0.2) is 45.9 Å². The smallest absolute Gasteiger partial charge is 0.245 e. The van der Waals surface area contributed by atoms with Crippen molar-refractivity contribution >= 4 is 44.6 Å². The van der Waals surface area contributed by atoms with E-state index in [4.69, 9.17) is 4.42 Å². The molecule has 3 aromatic rings. The van der Waals surface area contributed by atoms with Crippen molar-refractivity contribution in [3.63, 3.8) is 0 Å². The standard InChI is InChI=1S/C20H23N5O5S2/c1-13(19(26)21-12-15-4-3-11-30-15)22-20(27)14-7-9-25(10-8-14)32(28,29)17-6-2-5-16-18(17)24-31-23-16/h2-6,11,13-14H,7-10,12H2,1H3,(H,21,26)(H,22,27)/t13-/m1/s1. The Bertz CT molecular complexity index is 1200. The first-order chi connectivity index (χ1) is 15.4. The third-order valence-corrected chi connectivity index (χ3v) is 7.93. The zero-order chi connectivity index (χ0) is 22.7. The maximum absolute atomic E-state index is 13.1. The predicted octanol–water partition coefficient (Wildman–Crippen LogP) is 1.51. The Hall–Kier alpha value is -2.83. The van der Waals surface area contributed by atoms with Gasteiger partial charge in [0.2, 0.25) is 21.8 Å². The molecule has 0 aliphatic carbocycles. The Morgan fingerprint density at radius 3 is 2.72 bits per heavy atom. The average Bonchev–Trinajstić information content (AvgIpc) is 3.49. The molecule has 170 valence electrons. The van der Waals surface area contributed by atoms with Crippen LogP contribution < -0.4 is 10.6 Å². The molecule has 2 amide bonds. The Morgan fingerprint density at radius 1 is 1.22 bits per heavy atom. The molecule has 1 aliphatic rings. The summed E-state index contributed by atoms with van der Waals surface area (Å²) < 4.78 is 41.0. The molecule has 1 saturated heterocycles. The molecule has 10 nitrogen and oxygen atoms in total. The number of fused-ring (bicyclic) bond motifs is 1. The first kappa shape index (κ1) is 22.4. The van der Waals surface area contributed by atoms with E-state index in [0.29, 0.717) is 29.6 Å². The molecule has 1 aliphatic heterocycles. The van der Waals surface area contributed by atoms with Gasteiger partial charge in [-0.3, -0.25) is 9.59 Å². The molecule has 3 heterocycles. The normalized spacial score (nSPS) is 16.7. The van der Waals surface area contributed by atoms with Crippen molar-refractivity contribution in [3.05, 3.63) is 42.4 Å². The topological polar surface area (TPSA) is 134 Å². The van der Waals surface area contributed by atoms with Crippen molar-refractivity contribution < 1.29 is 22.4 Å². The molecule has 4 rings (SSSR count). The highest BCUT2D eigenvalue weighted by molar-refractivity contribution is 7.89. The second-order valence-electron chi connectivity index (χ2n) is 7.59. The van der Waals surface area contributed by atoms with E-state index < -0.39 is 16.1 Å². The number of nitrogens with one attached hydrogen (secondary N) is 2. The van der Waals surface area contributed by atoms with Gasteiger partial charge in [0, 0.05) is 19.0 Å². The molecular weight excluding hydrogens is 454 g/mol. The number of amides is 2. The molecule has 12 heteroatoms. The number of benzene rings is 1. The van der Waals surface area contributed by atoms with Crippen LogP contribution in [0.4, 0.5) is 0 Å². The molecule has 1 fully saturated rings. The Kier molecular flexibility index (Phi) is 6.53. The Morgan fingerprint density at radius 2 is 2.00 bits per heavy atom. The van der Waals surface area contributed by atoms with E-state index >= 15 is 0 Å². The molecule has 2 aromatic heterocycles. The van der Waals surface area contributed by atoms with Crippen LogP contribution in [0.25, 0.3) is 11.0 Å². The molecule has 0 saturated carbocycles. The molecular formula is C20H23N5O5S2. The summed E-state index contributed by atoms with van der Waals surface area (Å²) in [6, 6.07) is 7.66. The lowest BCUT2D eigenvalue weighted by atomic mass is 9.97. The number of aromatic nitrogens is 2. The van der Waals surface area contributed by atoms with E-state index in [9.17, 15) is 18.0 Å². The zero-order valence-electron chi connectivity index (χ0n) is 17.4. The van der Waals surface area contributed by atoms with Gasteiger partial charge in [-0.25, -0.2) is 8.42 Å². The van der Waals surface area contributed by atoms with Gasteiger partial charge in [-0.2, -0.15) is 13.1 Å². The fourth-order valence-corrected chi connectivity index (χ4v) is 5.85. The van der Waals surface area contributed by atoms with E-state index in [1.807, 2.05) is 0 Å². The van der Waals surface area contributed by atoms with Crippen LogP contribution in [-0.4, -0.2) is 52.4 Å². The highest BCUT2D eigenvalue weighted by atomic mass is 32.2. The maximum Gasteiger partial charge on any atom is 0.245 e. The van der Waals surface area contributed by atoms with Crippen molar-refractivity contribution in [1.82, 2.24) is 23.7 Å². The summed E-state index contributed by atoms with van der Waals surface area (Å²) in [5.41, 5.74) is 0.913. The van der Waals surface area contributed by atoms with Crippen LogP contribution in [0.2, 0.25) is 0 Å². The average molecular weight is 478 g/mol. The van der Waals surface area contributed by atoms with Gasteiger partial charge in [0.25, 0.3) is 0 Å². The zero-order valence-corrected chi connectivity index (χ0v) is 19.0. The predicted molar refractivity (Wildman–Crippen MR) is 117 cm³/mol. The number of hydrogen-bond donors (Lipinski definition) is 2. The number of sulfonamides is 1. The van der Waals surface area contributed by atoms with Gasteiger partial charge in [0.05, 0.1) is 24.5 Å². The second-order valence-corrected chi connectivity index (χ2v) is 10.0. The lowest BCUT2D eigenvalue weighted by Gasteiger charge is -2.31. The van der Waals surface area contributed by atoms with Crippen LogP contribution in [0.3, 0.4) is 0 Å². The number of furan rings is 1. The van der Waals surface area contributed by atoms with Crippen molar-refractivity contribution in [3.8, 4) is 0 Å². The third kappa shape index (κ3) is 4.66. The monoisotopic (exact) mass is 477 g/mol. The minimum Gasteiger partial charge on any atom is -0.467 e. The van der Waals surface area contributed by atoms with E-state index in [-0.39, 0.29) is 42.3 Å². The van der Waals surface area contributed by atoms with Crippen molar-refractivity contribution in [2.24, 2.45) is 5.92 Å². The number of rotatable bonds is 7. The number of piperidine rings is 1. The van der Waals surface area contributed by atoms with Crippen LogP contribution in [0.5, 0.6) is 0 Å². The molecule has 0 unspecified atom stereocenters. The van der Waals surface area contributed by atoms with Crippen LogP contribution >= 0.6 is 11.7 Å². The molecule has 2 N–H and O–H groups in total. The van der Waals surface area contributed by atoms with E-state index in [1.54, 1.807) is 31.2 Å². The number of nitrogens with zero attached hydrogens (tertiary/aromatic N) is 3. The van der Waals surface area contributed by atoms with Crippen LogP contribution in [-0.2, 0) is 26.2 Å². The largest absolute Gasteiger partial charge is 0.467 e. The summed E-state index contributed by atoms with van der Waals surface area (Å²) in [6.45, 7) is 2.28. The number of carbonyl (C=O) groups is 2. The number of hydrogen-bond acceptors (Lipinski definition) is 8. The van der Waals surface area contributed by atoms with E-state index in [2.05, 4.69) is 19.4 Å². The van der Waals surface area contributed by atoms with Gasteiger partial charge in [-0.1, -0.05) is 6.07 Å². The lowest BCUT2D eigenvalue weighted by Crippen LogP contribution is -2.49. The first-order valence-corrected chi connectivity index (χ1v) is 12.3. The van der Waals surface area contributed by atoms with E-state index in [0.717, 1.165) is 11.7 Å². The number of carbonyl (C=O) groups excluding carboxylic acids is 2. The molecule has 1 atom stereocenters. The maximum atomic E-state index is 13.1. The van der Waals surface area contributed by atoms with Crippen LogP contribution in [0, 0.1) is 5.92 Å². The van der Waals surface area contributed by atoms with Gasteiger partial charge < -0.3 is 15.1 Å². The van der Waals surface area contributed by atoms with Gasteiger partial charge in [0.15, 0.2) is 0 Å². The molecule has 0 radical (unpaired) electrons. The summed E-state index contributed by atoms with van der Waals surface area (Å²) in [7, 11) is -3.74. The highest BCUT2D eigenvalue weighted by Gasteiger charge is 2.34.